The monoisotopic (exact) mass is 450 g/mol. The molecule has 0 unspecified atom stereocenters. The molecule has 0 aliphatic rings. The van der Waals surface area contributed by atoms with E-state index in [4.69, 9.17) is 5.11 Å². The average Bonchev–Trinajstić information content (AvgIpc) is 3.28. The van der Waals surface area contributed by atoms with Crippen molar-refractivity contribution in [3.8, 4) is 22.5 Å². The molecule has 0 spiro atoms. The summed E-state index contributed by atoms with van der Waals surface area (Å²) in [7, 11) is 0. The number of nitrogens with one attached hydrogen (secondary N) is 1. The van der Waals surface area contributed by atoms with Crippen LogP contribution in [0.25, 0.3) is 33.5 Å². The molecule has 5 aromatic rings. The van der Waals surface area contributed by atoms with Crippen molar-refractivity contribution in [2.75, 3.05) is 5.32 Å². The zero-order valence-electron chi connectivity index (χ0n) is 17.8. The van der Waals surface area contributed by atoms with E-state index in [9.17, 15) is 9.59 Å². The van der Waals surface area contributed by atoms with Gasteiger partial charge in [0, 0.05) is 16.8 Å². The molecule has 0 saturated heterocycles. The molecule has 3 aromatic carbocycles. The van der Waals surface area contributed by atoms with Crippen LogP contribution >= 0.6 is 0 Å². The summed E-state index contributed by atoms with van der Waals surface area (Å²) in [5.41, 5.74) is 4.56. The topological polar surface area (TPSA) is 123 Å². The molecule has 9 heteroatoms. The molecule has 166 valence electrons. The molecular weight excluding hydrogens is 432 g/mol. The summed E-state index contributed by atoms with van der Waals surface area (Å²) in [5.74, 6) is -1.37. The maximum Gasteiger partial charge on any atom is 0.335 e. The minimum Gasteiger partial charge on any atom is -0.478 e. The number of hydrogen-bond acceptors (Lipinski definition) is 6. The van der Waals surface area contributed by atoms with Crippen LogP contribution in [0.4, 0.5) is 5.69 Å². The lowest BCUT2D eigenvalue weighted by atomic mass is 10.1. The van der Waals surface area contributed by atoms with Gasteiger partial charge in [-0.15, -0.1) is 15.3 Å². The van der Waals surface area contributed by atoms with E-state index in [0.717, 1.165) is 11.1 Å². The molecule has 0 aliphatic heterocycles. The summed E-state index contributed by atoms with van der Waals surface area (Å²) in [6, 6.07) is 25.0. The predicted molar refractivity (Wildman–Crippen MR) is 126 cm³/mol. The largest absolute Gasteiger partial charge is 0.478 e. The van der Waals surface area contributed by atoms with Crippen LogP contribution in [0, 0.1) is 0 Å². The molecule has 0 atom stereocenters. The van der Waals surface area contributed by atoms with Crippen LogP contribution in [0.15, 0.2) is 84.9 Å². The molecule has 9 nitrogen and oxygen atoms in total. The highest BCUT2D eigenvalue weighted by molar-refractivity contribution is 5.98. The smallest absolute Gasteiger partial charge is 0.335 e. The first kappa shape index (κ1) is 21.0. The number of rotatable bonds is 6. The number of carboxylic acids is 1. The van der Waals surface area contributed by atoms with Crippen molar-refractivity contribution in [3.05, 3.63) is 90.5 Å². The Hall–Kier alpha value is -4.92. The average molecular weight is 450 g/mol. The predicted octanol–water partition coefficient (Wildman–Crippen LogP) is 3.89. The Kier molecular flexibility index (Phi) is 5.49. The molecule has 0 fully saturated rings. The van der Waals surface area contributed by atoms with Crippen LogP contribution in [0.3, 0.4) is 0 Å². The fourth-order valence-corrected chi connectivity index (χ4v) is 3.63. The molecule has 34 heavy (non-hydrogen) atoms. The molecule has 1 amide bonds. The lowest BCUT2D eigenvalue weighted by molar-refractivity contribution is -0.116. The third-order valence-electron chi connectivity index (χ3n) is 5.24. The highest BCUT2D eigenvalue weighted by Gasteiger charge is 2.20. The van der Waals surface area contributed by atoms with Gasteiger partial charge in [0.2, 0.25) is 5.91 Å². The molecule has 2 heterocycles. The van der Waals surface area contributed by atoms with E-state index in [-0.39, 0.29) is 18.0 Å². The Balaban J connectivity index is 1.53. The summed E-state index contributed by atoms with van der Waals surface area (Å²) in [4.78, 5) is 23.8. The zero-order chi connectivity index (χ0) is 23.5. The van der Waals surface area contributed by atoms with Crippen molar-refractivity contribution in [1.82, 2.24) is 25.2 Å². The molecule has 0 bridgehead atoms. The molecule has 0 radical (unpaired) electrons. The highest BCUT2D eigenvalue weighted by atomic mass is 16.4. The summed E-state index contributed by atoms with van der Waals surface area (Å²) in [6.45, 7) is -0.114. The maximum atomic E-state index is 12.8. The van der Waals surface area contributed by atoms with Gasteiger partial charge in [-0.1, -0.05) is 65.9 Å². The quantitative estimate of drug-likeness (QED) is 0.402. The van der Waals surface area contributed by atoms with E-state index in [0.29, 0.717) is 28.1 Å². The first-order chi connectivity index (χ1) is 16.6. The number of amides is 1. The first-order valence-electron chi connectivity index (χ1n) is 10.4. The molecule has 2 N–H and O–H groups in total. The third-order valence-corrected chi connectivity index (χ3v) is 5.24. The molecular formula is C25H18N6O3. The second-order valence-electron chi connectivity index (χ2n) is 7.50. The Morgan fingerprint density at radius 1 is 0.765 bits per heavy atom. The number of carbonyl (C=O) groups excluding carboxylic acids is 1. The van der Waals surface area contributed by atoms with Gasteiger partial charge in [0.05, 0.1) is 5.56 Å². The van der Waals surface area contributed by atoms with Crippen molar-refractivity contribution in [1.29, 1.82) is 0 Å². The van der Waals surface area contributed by atoms with Gasteiger partial charge in [0.15, 0.2) is 0 Å². The normalized spacial score (nSPS) is 10.8. The molecule has 5 rings (SSSR count). The van der Waals surface area contributed by atoms with E-state index in [1.807, 2.05) is 60.7 Å². The van der Waals surface area contributed by atoms with Crippen LogP contribution in [0.2, 0.25) is 0 Å². The number of hydrogen-bond donors (Lipinski definition) is 2. The van der Waals surface area contributed by atoms with E-state index in [2.05, 4.69) is 25.8 Å². The number of carboxylic acid groups (broad SMARTS) is 1. The van der Waals surface area contributed by atoms with E-state index >= 15 is 0 Å². The van der Waals surface area contributed by atoms with Crippen LogP contribution in [0.1, 0.15) is 10.4 Å². The summed E-state index contributed by atoms with van der Waals surface area (Å²) in [5, 5.41) is 29.3. The summed E-state index contributed by atoms with van der Waals surface area (Å²) >= 11 is 0. The standard InChI is InChI=1S/C25H18N6O3/c32-20(26-19-13-11-18(12-14-19)25(33)34)15-31-24-22(17-9-5-2-6-10-17)28-27-21(23(24)29-30-31)16-7-3-1-4-8-16/h1-14H,15H2,(H,26,32)(H,33,34). The summed E-state index contributed by atoms with van der Waals surface area (Å²) in [6.07, 6.45) is 0. The van der Waals surface area contributed by atoms with Crippen molar-refractivity contribution in [2.24, 2.45) is 0 Å². The van der Waals surface area contributed by atoms with Crippen molar-refractivity contribution in [3.63, 3.8) is 0 Å². The van der Waals surface area contributed by atoms with Gasteiger partial charge in [-0.25, -0.2) is 9.48 Å². The highest BCUT2D eigenvalue weighted by Crippen LogP contribution is 2.30. The van der Waals surface area contributed by atoms with Gasteiger partial charge in [0.1, 0.15) is 29.0 Å². The van der Waals surface area contributed by atoms with Gasteiger partial charge >= 0.3 is 5.97 Å². The fourth-order valence-electron chi connectivity index (χ4n) is 3.63. The number of benzene rings is 3. The van der Waals surface area contributed by atoms with Crippen molar-refractivity contribution < 1.29 is 14.7 Å². The Morgan fingerprint density at radius 2 is 1.35 bits per heavy atom. The molecule has 2 aromatic heterocycles. The van der Waals surface area contributed by atoms with Crippen LogP contribution in [-0.4, -0.2) is 42.2 Å². The Labute approximate surface area is 193 Å². The van der Waals surface area contributed by atoms with Gasteiger partial charge in [-0.05, 0) is 24.3 Å². The minimum absolute atomic E-state index is 0.114. The van der Waals surface area contributed by atoms with Crippen molar-refractivity contribution in [2.45, 2.75) is 6.54 Å². The van der Waals surface area contributed by atoms with Crippen LogP contribution in [-0.2, 0) is 11.3 Å². The van der Waals surface area contributed by atoms with Crippen molar-refractivity contribution >= 4 is 28.6 Å². The van der Waals surface area contributed by atoms with Gasteiger partial charge in [0.25, 0.3) is 0 Å². The summed E-state index contributed by atoms with van der Waals surface area (Å²) < 4.78 is 1.50. The first-order valence-corrected chi connectivity index (χ1v) is 10.4. The SMILES string of the molecule is O=C(Cn1nnc2c(-c3ccccc3)nnc(-c3ccccc3)c21)Nc1ccc(C(=O)O)cc1. The van der Waals surface area contributed by atoms with E-state index in [1.54, 1.807) is 0 Å². The number of nitrogens with zero attached hydrogens (tertiary/aromatic N) is 5. The number of fused-ring (bicyclic) bond motifs is 1. The van der Waals surface area contributed by atoms with Crippen LogP contribution < -0.4 is 5.32 Å². The van der Waals surface area contributed by atoms with Crippen LogP contribution in [0.5, 0.6) is 0 Å². The van der Waals surface area contributed by atoms with Gasteiger partial charge < -0.3 is 10.4 Å². The third kappa shape index (κ3) is 4.09. The lowest BCUT2D eigenvalue weighted by Crippen LogP contribution is -2.20. The minimum atomic E-state index is -1.03. The lowest BCUT2D eigenvalue weighted by Gasteiger charge is -2.09. The number of anilines is 1. The van der Waals surface area contributed by atoms with Gasteiger partial charge in [-0.3, -0.25) is 4.79 Å². The maximum absolute atomic E-state index is 12.8. The Morgan fingerprint density at radius 3 is 1.97 bits per heavy atom. The second-order valence-corrected chi connectivity index (χ2v) is 7.50. The molecule has 0 aliphatic carbocycles. The van der Waals surface area contributed by atoms with Gasteiger partial charge in [-0.2, -0.15) is 0 Å². The second kappa shape index (κ2) is 8.91. The number of aromatic nitrogens is 5. The Bertz CT molecular complexity index is 1480. The zero-order valence-corrected chi connectivity index (χ0v) is 17.8. The number of carbonyl (C=O) groups is 2. The van der Waals surface area contributed by atoms with E-state index in [1.165, 1.54) is 28.9 Å². The molecule has 0 saturated carbocycles. The van der Waals surface area contributed by atoms with E-state index < -0.39 is 5.97 Å². The fraction of sp³-hybridized carbons (Fsp3) is 0.0400. The number of aromatic carboxylic acids is 1.